The third kappa shape index (κ3) is 6.84. The Morgan fingerprint density at radius 3 is 2.42 bits per heavy atom. The summed E-state index contributed by atoms with van der Waals surface area (Å²) in [6.07, 6.45) is -2.56. The van der Waals surface area contributed by atoms with Gasteiger partial charge in [0, 0.05) is 64.2 Å². The van der Waals surface area contributed by atoms with E-state index in [2.05, 4.69) is 30.6 Å². The molecule has 2 aliphatic rings. The smallest absolute Gasteiger partial charge is 0.378 e. The van der Waals surface area contributed by atoms with Crippen LogP contribution in [0.15, 0.2) is 18.3 Å². The van der Waals surface area contributed by atoms with Crippen molar-refractivity contribution in [2.45, 2.75) is 26.6 Å². The van der Waals surface area contributed by atoms with Crippen molar-refractivity contribution >= 4 is 33.2 Å². The fourth-order valence-electron chi connectivity index (χ4n) is 5.21. The number of ether oxygens (including phenoxy) is 1. The number of nitrogens with one attached hydrogen (secondary N) is 2. The molecule has 2 N–H and O–H groups in total. The van der Waals surface area contributed by atoms with Crippen molar-refractivity contribution < 1.29 is 31.1 Å². The van der Waals surface area contributed by atoms with Crippen molar-refractivity contribution in [2.75, 3.05) is 75.5 Å². The van der Waals surface area contributed by atoms with Crippen LogP contribution in [0.1, 0.15) is 23.7 Å². The van der Waals surface area contributed by atoms with E-state index in [0.29, 0.717) is 76.9 Å². The number of morpholine rings is 1. The van der Waals surface area contributed by atoms with Gasteiger partial charge in [-0.15, -0.1) is 5.10 Å². The highest BCUT2D eigenvalue weighted by molar-refractivity contribution is 7.88. The number of carbonyl (C=O) groups excluding carboxylic acids is 1. The summed E-state index contributed by atoms with van der Waals surface area (Å²) in [5, 5.41) is 9.33. The average Bonchev–Trinajstić information content (AvgIpc) is 3.27. The predicted octanol–water partition coefficient (Wildman–Crippen LogP) is 2.17. The van der Waals surface area contributed by atoms with Crippen LogP contribution in [0.5, 0.6) is 0 Å². The van der Waals surface area contributed by atoms with Gasteiger partial charge in [0.2, 0.25) is 10.0 Å². The highest BCUT2D eigenvalue weighted by Crippen LogP contribution is 2.38. The monoisotopic (exact) mass is 625 g/mol. The van der Waals surface area contributed by atoms with Crippen LogP contribution in [-0.2, 0) is 27.5 Å². The molecule has 0 saturated carbocycles. The molecule has 5 heterocycles. The topological polar surface area (TPSA) is 137 Å². The molecular weight excluding hydrogens is 591 g/mol. The van der Waals surface area contributed by atoms with Crippen molar-refractivity contribution in [1.82, 2.24) is 34.1 Å². The summed E-state index contributed by atoms with van der Waals surface area (Å²) in [4.78, 5) is 24.7. The molecule has 17 heteroatoms. The zero-order valence-corrected chi connectivity index (χ0v) is 24.9. The van der Waals surface area contributed by atoms with Crippen LogP contribution >= 0.6 is 0 Å². The molecule has 0 radical (unpaired) electrons. The summed E-state index contributed by atoms with van der Waals surface area (Å²) in [7, 11) is -3.27. The number of anilines is 2. The molecule has 13 nitrogen and oxygen atoms in total. The SMILES string of the molecule is CCNC(=O)Nc1cc(C(F)(F)F)c(-c2nc(N3CCOCC3)c3cc(CN4CCN(S(C)(=O)=O)CC4)c(C)n3n2)cn1. The average molecular weight is 626 g/mol. The van der Waals surface area contributed by atoms with Gasteiger partial charge < -0.3 is 15.0 Å². The predicted molar refractivity (Wildman–Crippen MR) is 153 cm³/mol. The van der Waals surface area contributed by atoms with Gasteiger partial charge in [-0.1, -0.05) is 0 Å². The number of carbonyl (C=O) groups is 1. The second kappa shape index (κ2) is 12.2. The summed E-state index contributed by atoms with van der Waals surface area (Å²) in [6, 6.07) is 2.04. The number of fused-ring (bicyclic) bond motifs is 1. The van der Waals surface area contributed by atoms with Crippen LogP contribution in [0.4, 0.5) is 29.6 Å². The fourth-order valence-corrected chi connectivity index (χ4v) is 6.04. The second-order valence-corrected chi connectivity index (χ2v) is 12.4. The van der Waals surface area contributed by atoms with E-state index in [1.165, 1.54) is 10.6 Å². The maximum Gasteiger partial charge on any atom is 0.417 e. The minimum atomic E-state index is -4.78. The molecule has 0 aromatic carbocycles. The zero-order chi connectivity index (χ0) is 30.9. The molecule has 0 unspecified atom stereocenters. The van der Waals surface area contributed by atoms with Crippen LogP contribution in [0.3, 0.4) is 0 Å². The minimum absolute atomic E-state index is 0.162. The highest BCUT2D eigenvalue weighted by Gasteiger charge is 2.36. The van der Waals surface area contributed by atoms with Gasteiger partial charge in [0.05, 0.1) is 30.6 Å². The van der Waals surface area contributed by atoms with Crippen molar-refractivity contribution in [3.05, 3.63) is 35.2 Å². The lowest BCUT2D eigenvalue weighted by molar-refractivity contribution is -0.137. The lowest BCUT2D eigenvalue weighted by Gasteiger charge is -2.33. The molecule has 0 aliphatic carbocycles. The molecule has 5 rings (SSSR count). The Kier molecular flexibility index (Phi) is 8.78. The minimum Gasteiger partial charge on any atom is -0.378 e. The van der Waals surface area contributed by atoms with Crippen molar-refractivity contribution in [1.29, 1.82) is 0 Å². The molecule has 3 aromatic rings. The maximum absolute atomic E-state index is 14.3. The van der Waals surface area contributed by atoms with Gasteiger partial charge in [-0.05, 0) is 31.5 Å². The Bertz CT molecular complexity index is 1600. The highest BCUT2D eigenvalue weighted by atomic mass is 32.2. The zero-order valence-electron chi connectivity index (χ0n) is 24.1. The Labute approximate surface area is 247 Å². The molecule has 0 atom stereocenters. The Hall–Kier alpha value is -3.54. The first-order chi connectivity index (χ1) is 20.3. The number of halogens is 3. The first kappa shape index (κ1) is 30.9. The van der Waals surface area contributed by atoms with Gasteiger partial charge in [-0.2, -0.15) is 17.5 Å². The van der Waals surface area contributed by atoms with E-state index < -0.39 is 27.8 Å². The number of sulfonamides is 1. The van der Waals surface area contributed by atoms with Gasteiger partial charge in [0.15, 0.2) is 11.6 Å². The number of hydrogen-bond acceptors (Lipinski definition) is 9. The number of amides is 2. The largest absolute Gasteiger partial charge is 0.417 e. The summed E-state index contributed by atoms with van der Waals surface area (Å²) in [5.41, 5.74) is 0.926. The summed E-state index contributed by atoms with van der Waals surface area (Å²) in [5.74, 6) is 0.0551. The lowest BCUT2D eigenvalue weighted by Crippen LogP contribution is -2.47. The van der Waals surface area contributed by atoms with Crippen molar-refractivity contribution in [3.63, 3.8) is 0 Å². The third-order valence-corrected chi connectivity index (χ3v) is 8.79. The number of nitrogens with zero attached hydrogens (tertiary/aromatic N) is 7. The second-order valence-electron chi connectivity index (χ2n) is 10.4. The van der Waals surface area contributed by atoms with E-state index in [9.17, 15) is 26.4 Å². The number of piperazine rings is 1. The molecule has 2 amide bonds. The number of pyridine rings is 1. The van der Waals surface area contributed by atoms with Crippen LogP contribution in [0.2, 0.25) is 0 Å². The van der Waals surface area contributed by atoms with Crippen LogP contribution in [0.25, 0.3) is 16.9 Å². The van der Waals surface area contributed by atoms with E-state index in [1.54, 1.807) is 11.4 Å². The third-order valence-electron chi connectivity index (χ3n) is 7.49. The molecule has 2 aliphatic heterocycles. The quantitative estimate of drug-likeness (QED) is 0.405. The lowest BCUT2D eigenvalue weighted by atomic mass is 10.1. The van der Waals surface area contributed by atoms with E-state index in [-0.39, 0.29) is 17.2 Å². The van der Waals surface area contributed by atoms with E-state index in [1.807, 2.05) is 17.9 Å². The first-order valence-corrected chi connectivity index (χ1v) is 15.7. The number of alkyl halides is 3. The number of urea groups is 1. The van der Waals surface area contributed by atoms with Gasteiger partial charge in [-0.25, -0.2) is 27.7 Å². The number of aromatic nitrogens is 4. The maximum atomic E-state index is 14.3. The van der Waals surface area contributed by atoms with Crippen LogP contribution < -0.4 is 15.5 Å². The normalized spacial score (nSPS) is 17.4. The number of rotatable bonds is 7. The van der Waals surface area contributed by atoms with Gasteiger partial charge in [0.25, 0.3) is 0 Å². The van der Waals surface area contributed by atoms with E-state index in [0.717, 1.165) is 23.5 Å². The Morgan fingerprint density at radius 2 is 1.79 bits per heavy atom. The van der Waals surface area contributed by atoms with Gasteiger partial charge in [-0.3, -0.25) is 10.2 Å². The van der Waals surface area contributed by atoms with E-state index >= 15 is 0 Å². The van der Waals surface area contributed by atoms with Gasteiger partial charge in [0.1, 0.15) is 11.3 Å². The molecule has 3 aromatic heterocycles. The Morgan fingerprint density at radius 1 is 1.09 bits per heavy atom. The molecule has 234 valence electrons. The summed E-state index contributed by atoms with van der Waals surface area (Å²) < 4.78 is 75.3. The Balaban J connectivity index is 1.55. The molecule has 0 spiro atoms. The summed E-state index contributed by atoms with van der Waals surface area (Å²) >= 11 is 0. The molecule has 2 saturated heterocycles. The number of aryl methyl sites for hydroxylation is 1. The molecule has 0 bridgehead atoms. The fraction of sp³-hybridized carbons (Fsp3) is 0.538. The standard InChI is InChI=1S/C26H34F3N9O4S/c1-4-30-25(39)32-22-14-20(26(27,28)29)19(15-31-22)23-33-24(36-9-11-42-12-10-36)21-13-18(17(2)38(21)34-23)16-35-5-7-37(8-6-35)43(3,40)41/h13-15H,4-12,16H2,1-3H3,(H2,30,31,32,39). The molecule has 2 fully saturated rings. The van der Waals surface area contributed by atoms with E-state index in [4.69, 9.17) is 4.74 Å². The van der Waals surface area contributed by atoms with Gasteiger partial charge >= 0.3 is 12.2 Å². The first-order valence-electron chi connectivity index (χ1n) is 13.9. The van der Waals surface area contributed by atoms with Crippen LogP contribution in [-0.4, -0.2) is 109 Å². The molecule has 43 heavy (non-hydrogen) atoms. The van der Waals surface area contributed by atoms with Crippen molar-refractivity contribution in [3.8, 4) is 11.4 Å². The van der Waals surface area contributed by atoms with Crippen molar-refractivity contribution in [2.24, 2.45) is 0 Å². The number of hydrogen-bond donors (Lipinski definition) is 2. The molecular formula is C26H34F3N9O4S. The summed E-state index contributed by atoms with van der Waals surface area (Å²) in [6.45, 7) is 8.07. The van der Waals surface area contributed by atoms with Crippen LogP contribution in [0, 0.1) is 6.92 Å².